The molecule has 1 aliphatic rings. The van der Waals surface area contributed by atoms with Crippen molar-refractivity contribution < 1.29 is 4.74 Å². The van der Waals surface area contributed by atoms with Crippen LogP contribution in [0, 0.1) is 0 Å². The Morgan fingerprint density at radius 3 is 3.12 bits per heavy atom. The second kappa shape index (κ2) is 3.68. The third kappa shape index (κ3) is 1.56. The minimum Gasteiger partial charge on any atom is -0.378 e. The van der Waals surface area contributed by atoms with Crippen LogP contribution in [0.1, 0.15) is 25.1 Å². The van der Waals surface area contributed by atoms with Crippen molar-refractivity contribution in [2.24, 2.45) is 0 Å². The fourth-order valence-electron chi connectivity index (χ4n) is 2.07. The Hall–Kier alpha value is -1.20. The van der Waals surface area contributed by atoms with Crippen LogP contribution < -0.4 is 0 Å². The van der Waals surface area contributed by atoms with Crippen molar-refractivity contribution in [1.82, 2.24) is 19.6 Å². The van der Waals surface area contributed by atoms with Gasteiger partial charge in [-0.2, -0.15) is 0 Å². The molecule has 6 heteroatoms. The maximum absolute atomic E-state index is 5.79. The van der Waals surface area contributed by atoms with Crippen molar-refractivity contribution in [3.05, 3.63) is 23.4 Å². The van der Waals surface area contributed by atoms with Crippen molar-refractivity contribution >= 4 is 17.2 Å². The van der Waals surface area contributed by atoms with Crippen molar-refractivity contribution in [2.45, 2.75) is 25.4 Å². The number of halogens is 1. The molecule has 2 unspecified atom stereocenters. The second-order valence-corrected chi connectivity index (χ2v) is 4.46. The lowest BCUT2D eigenvalue weighted by Crippen LogP contribution is -2.04. The van der Waals surface area contributed by atoms with Gasteiger partial charge in [-0.1, -0.05) is 11.6 Å². The molecule has 2 atom stereocenters. The van der Waals surface area contributed by atoms with Crippen molar-refractivity contribution in [3.63, 3.8) is 0 Å². The molecule has 0 saturated carbocycles. The van der Waals surface area contributed by atoms with Gasteiger partial charge in [0.25, 0.3) is 0 Å². The minimum absolute atomic E-state index is 0.289. The highest BCUT2D eigenvalue weighted by Gasteiger charge is 2.27. The lowest BCUT2D eigenvalue weighted by Gasteiger charge is -2.04. The van der Waals surface area contributed by atoms with E-state index in [-0.39, 0.29) is 6.10 Å². The third-order valence-corrected chi connectivity index (χ3v) is 3.06. The first-order valence-electron chi connectivity index (χ1n) is 5.22. The molecule has 16 heavy (non-hydrogen) atoms. The summed E-state index contributed by atoms with van der Waals surface area (Å²) in [5.41, 5.74) is 0.731. The highest BCUT2D eigenvalue weighted by molar-refractivity contribution is 6.29. The zero-order valence-electron chi connectivity index (χ0n) is 8.80. The van der Waals surface area contributed by atoms with E-state index < -0.39 is 0 Å². The average Bonchev–Trinajstić information content (AvgIpc) is 2.83. The lowest BCUT2D eigenvalue weighted by molar-refractivity contribution is 0.123. The summed E-state index contributed by atoms with van der Waals surface area (Å²) in [6.45, 7) is 2.77. The summed E-state index contributed by atoms with van der Waals surface area (Å²) in [6.07, 6.45) is 2.93. The molecule has 0 N–H and O–H groups in total. The van der Waals surface area contributed by atoms with Crippen LogP contribution in [0.3, 0.4) is 0 Å². The summed E-state index contributed by atoms with van der Waals surface area (Å²) in [7, 11) is 0. The van der Waals surface area contributed by atoms with E-state index in [1.54, 1.807) is 12.4 Å². The van der Waals surface area contributed by atoms with Gasteiger partial charge in [-0.3, -0.25) is 4.40 Å². The minimum atomic E-state index is 0.289. The monoisotopic (exact) mass is 238 g/mol. The molecular formula is C10H11ClN4O. The van der Waals surface area contributed by atoms with Gasteiger partial charge >= 0.3 is 0 Å². The standard InChI is InChI=1S/C10H11ClN4O/c1-6-2-7(4-16-6)10-14-13-9-3-8(11)12-5-15(9)10/h3,5-7H,2,4H2,1H3. The molecule has 0 bridgehead atoms. The van der Waals surface area contributed by atoms with E-state index in [2.05, 4.69) is 22.1 Å². The van der Waals surface area contributed by atoms with Crippen LogP contribution in [-0.2, 0) is 4.74 Å². The first kappa shape index (κ1) is 9.99. The molecule has 0 aromatic carbocycles. The SMILES string of the molecule is CC1CC(c2nnc3cc(Cl)ncn23)CO1. The van der Waals surface area contributed by atoms with Gasteiger partial charge in [-0.25, -0.2) is 4.98 Å². The molecule has 2 aromatic rings. The molecule has 2 aromatic heterocycles. The largest absolute Gasteiger partial charge is 0.378 e. The van der Waals surface area contributed by atoms with E-state index in [0.29, 0.717) is 17.7 Å². The second-order valence-electron chi connectivity index (χ2n) is 4.07. The third-order valence-electron chi connectivity index (χ3n) is 2.86. The Labute approximate surface area is 97.4 Å². The molecule has 1 saturated heterocycles. The number of aromatic nitrogens is 4. The zero-order chi connectivity index (χ0) is 11.1. The van der Waals surface area contributed by atoms with Gasteiger partial charge < -0.3 is 4.74 Å². The summed E-state index contributed by atoms with van der Waals surface area (Å²) in [5.74, 6) is 1.21. The van der Waals surface area contributed by atoms with Gasteiger partial charge in [-0.05, 0) is 13.3 Å². The maximum atomic E-state index is 5.79. The van der Waals surface area contributed by atoms with E-state index in [4.69, 9.17) is 16.3 Å². The highest BCUT2D eigenvalue weighted by Crippen LogP contribution is 2.28. The van der Waals surface area contributed by atoms with Gasteiger partial charge in [-0.15, -0.1) is 10.2 Å². The van der Waals surface area contributed by atoms with Crippen LogP contribution in [0.4, 0.5) is 0 Å². The fourth-order valence-corrected chi connectivity index (χ4v) is 2.21. The van der Waals surface area contributed by atoms with Crippen LogP contribution >= 0.6 is 11.6 Å². The zero-order valence-corrected chi connectivity index (χ0v) is 9.55. The predicted octanol–water partition coefficient (Wildman–Crippen LogP) is 1.67. The molecule has 3 heterocycles. The Morgan fingerprint density at radius 2 is 2.38 bits per heavy atom. The van der Waals surface area contributed by atoms with E-state index in [1.165, 1.54) is 0 Å². The lowest BCUT2D eigenvalue weighted by atomic mass is 10.1. The topological polar surface area (TPSA) is 52.3 Å². The Kier molecular flexibility index (Phi) is 2.29. The number of rotatable bonds is 1. The van der Waals surface area contributed by atoms with Gasteiger partial charge in [0.1, 0.15) is 17.3 Å². The Balaban J connectivity index is 2.04. The number of hydrogen-bond acceptors (Lipinski definition) is 4. The molecule has 0 radical (unpaired) electrons. The van der Waals surface area contributed by atoms with Crippen molar-refractivity contribution in [2.75, 3.05) is 6.61 Å². The van der Waals surface area contributed by atoms with Gasteiger partial charge in [0.05, 0.1) is 12.7 Å². The quantitative estimate of drug-likeness (QED) is 0.710. The summed E-state index contributed by atoms with van der Waals surface area (Å²) in [5, 5.41) is 8.70. The first-order valence-corrected chi connectivity index (χ1v) is 5.59. The van der Waals surface area contributed by atoms with Crippen LogP contribution in [0.15, 0.2) is 12.4 Å². The van der Waals surface area contributed by atoms with Gasteiger partial charge in [0.15, 0.2) is 5.65 Å². The summed E-state index contributed by atoms with van der Waals surface area (Å²) < 4.78 is 7.41. The van der Waals surface area contributed by atoms with Crippen molar-refractivity contribution in [3.8, 4) is 0 Å². The Morgan fingerprint density at radius 1 is 1.50 bits per heavy atom. The summed E-state index contributed by atoms with van der Waals surface area (Å²) in [6, 6.07) is 1.71. The fraction of sp³-hybridized carbons (Fsp3) is 0.500. The van der Waals surface area contributed by atoms with Crippen LogP contribution in [0.25, 0.3) is 5.65 Å². The number of fused-ring (bicyclic) bond motifs is 1. The van der Waals surface area contributed by atoms with Crippen molar-refractivity contribution in [1.29, 1.82) is 0 Å². The molecular weight excluding hydrogens is 228 g/mol. The Bertz CT molecular complexity index is 527. The average molecular weight is 239 g/mol. The summed E-state index contributed by atoms with van der Waals surface area (Å²) in [4.78, 5) is 4.04. The van der Waals surface area contributed by atoms with Crippen LogP contribution in [0.5, 0.6) is 0 Å². The molecule has 0 spiro atoms. The number of nitrogens with zero attached hydrogens (tertiary/aromatic N) is 4. The van der Waals surface area contributed by atoms with Gasteiger partial charge in [0.2, 0.25) is 0 Å². The van der Waals surface area contributed by atoms with E-state index in [1.807, 2.05) is 4.40 Å². The molecule has 5 nitrogen and oxygen atoms in total. The molecule has 0 amide bonds. The molecule has 1 aliphatic heterocycles. The number of ether oxygens (including phenoxy) is 1. The van der Waals surface area contributed by atoms with E-state index >= 15 is 0 Å². The van der Waals surface area contributed by atoms with Gasteiger partial charge in [0, 0.05) is 12.0 Å². The van der Waals surface area contributed by atoms with Crippen LogP contribution in [-0.4, -0.2) is 32.3 Å². The first-order chi connectivity index (χ1) is 7.74. The highest BCUT2D eigenvalue weighted by atomic mass is 35.5. The smallest absolute Gasteiger partial charge is 0.165 e. The number of hydrogen-bond donors (Lipinski definition) is 0. The molecule has 84 valence electrons. The molecule has 0 aliphatic carbocycles. The maximum Gasteiger partial charge on any atom is 0.165 e. The van der Waals surface area contributed by atoms with E-state index in [9.17, 15) is 0 Å². The summed E-state index contributed by atoms with van der Waals surface area (Å²) >= 11 is 5.79. The van der Waals surface area contributed by atoms with E-state index in [0.717, 1.165) is 17.9 Å². The molecule has 1 fully saturated rings. The normalized spacial score (nSPS) is 25.4. The predicted molar refractivity (Wildman–Crippen MR) is 58.6 cm³/mol. The van der Waals surface area contributed by atoms with Crippen LogP contribution in [0.2, 0.25) is 5.15 Å². The molecule has 3 rings (SSSR count).